The van der Waals surface area contributed by atoms with Crippen molar-refractivity contribution in [3.8, 4) is 0 Å². The van der Waals surface area contributed by atoms with Gasteiger partial charge in [-0.25, -0.2) is 8.42 Å². The fourth-order valence-corrected chi connectivity index (χ4v) is 4.09. The van der Waals surface area contributed by atoms with Crippen LogP contribution >= 0.6 is 0 Å². The largest absolute Gasteiger partial charge is 0.239 e. The fraction of sp³-hybridized carbons (Fsp3) is 0.222. The third kappa shape index (κ3) is 2.98. The van der Waals surface area contributed by atoms with E-state index in [0.29, 0.717) is 17.9 Å². The highest BCUT2D eigenvalue weighted by atomic mass is 32.2. The average Bonchev–Trinajstić information content (AvgIpc) is 2.55. The van der Waals surface area contributed by atoms with Crippen molar-refractivity contribution in [1.29, 1.82) is 0 Å². The Balaban J connectivity index is 1.86. The molecule has 0 aliphatic heterocycles. The molecule has 4 heteroatoms. The van der Waals surface area contributed by atoms with Crippen LogP contribution in [0.5, 0.6) is 0 Å². The van der Waals surface area contributed by atoms with Crippen LogP contribution in [-0.2, 0) is 23.0 Å². The third-order valence-electron chi connectivity index (χ3n) is 4.00. The summed E-state index contributed by atoms with van der Waals surface area (Å²) in [6, 6.07) is 17.6. The molecule has 3 nitrogen and oxygen atoms in total. The Bertz CT molecular complexity index is 795. The van der Waals surface area contributed by atoms with E-state index in [9.17, 15) is 8.42 Å². The number of rotatable bonds is 4. The summed E-state index contributed by atoms with van der Waals surface area (Å²) in [6.45, 7) is 0.391. The van der Waals surface area contributed by atoms with Crippen LogP contribution < -0.4 is 0 Å². The molecule has 22 heavy (non-hydrogen) atoms. The lowest BCUT2D eigenvalue weighted by molar-refractivity contribution is 0.471. The first kappa shape index (κ1) is 15.0. The minimum absolute atomic E-state index is 0.391. The van der Waals surface area contributed by atoms with Gasteiger partial charge in [-0.15, -0.1) is 0 Å². The van der Waals surface area contributed by atoms with Gasteiger partial charge in [0.2, 0.25) is 10.0 Å². The highest BCUT2D eigenvalue weighted by molar-refractivity contribution is 7.93. The number of nitrogens with zero attached hydrogens (tertiary/aromatic N) is 1. The molecular weight excluding hydrogens is 294 g/mol. The zero-order valence-electron chi connectivity index (χ0n) is 12.6. The summed E-state index contributed by atoms with van der Waals surface area (Å²) >= 11 is 0. The maximum absolute atomic E-state index is 12.8. The first-order valence-electron chi connectivity index (χ1n) is 7.36. The molecular formula is C18H19NO2S. The van der Waals surface area contributed by atoms with Gasteiger partial charge in [-0.2, -0.15) is 4.31 Å². The van der Waals surface area contributed by atoms with E-state index in [1.54, 1.807) is 7.05 Å². The van der Waals surface area contributed by atoms with Crippen molar-refractivity contribution in [2.24, 2.45) is 0 Å². The first-order chi connectivity index (χ1) is 10.6. The maximum Gasteiger partial charge on any atom is 0.239 e. The number of benzene rings is 2. The van der Waals surface area contributed by atoms with Gasteiger partial charge in [-0.1, -0.05) is 54.6 Å². The average molecular weight is 313 g/mol. The lowest BCUT2D eigenvalue weighted by Crippen LogP contribution is -2.28. The van der Waals surface area contributed by atoms with Gasteiger partial charge in [0, 0.05) is 13.6 Å². The van der Waals surface area contributed by atoms with Gasteiger partial charge >= 0.3 is 0 Å². The van der Waals surface area contributed by atoms with Gasteiger partial charge in [-0.3, -0.25) is 0 Å². The second-order valence-corrected chi connectivity index (χ2v) is 7.65. The smallest absolute Gasteiger partial charge is 0.207 e. The van der Waals surface area contributed by atoms with E-state index in [4.69, 9.17) is 0 Å². The van der Waals surface area contributed by atoms with Crippen LogP contribution in [0.15, 0.2) is 59.5 Å². The predicted octanol–water partition coefficient (Wildman–Crippen LogP) is 3.44. The van der Waals surface area contributed by atoms with Crippen molar-refractivity contribution in [3.63, 3.8) is 0 Å². The van der Waals surface area contributed by atoms with Crippen molar-refractivity contribution in [2.75, 3.05) is 7.05 Å². The Morgan fingerprint density at radius 1 is 0.955 bits per heavy atom. The normalized spacial score (nSPS) is 14.5. The summed E-state index contributed by atoms with van der Waals surface area (Å²) in [6.07, 6.45) is 3.16. The fourth-order valence-electron chi connectivity index (χ4n) is 2.74. The number of hydrogen-bond acceptors (Lipinski definition) is 2. The molecule has 0 spiro atoms. The topological polar surface area (TPSA) is 37.4 Å². The molecule has 114 valence electrons. The predicted molar refractivity (Wildman–Crippen MR) is 89.6 cm³/mol. The minimum Gasteiger partial charge on any atom is -0.207 e. The molecule has 0 radical (unpaired) electrons. The van der Waals surface area contributed by atoms with E-state index < -0.39 is 10.0 Å². The van der Waals surface area contributed by atoms with Crippen LogP contribution in [0.2, 0.25) is 0 Å². The van der Waals surface area contributed by atoms with Gasteiger partial charge in [0.1, 0.15) is 0 Å². The van der Waals surface area contributed by atoms with E-state index in [1.165, 1.54) is 9.87 Å². The van der Waals surface area contributed by atoms with Crippen LogP contribution in [0.4, 0.5) is 0 Å². The van der Waals surface area contributed by atoms with Crippen LogP contribution in [0.1, 0.15) is 23.1 Å². The molecule has 0 saturated heterocycles. The Kier molecular flexibility index (Phi) is 4.14. The Morgan fingerprint density at radius 2 is 1.64 bits per heavy atom. The molecule has 2 aromatic carbocycles. The highest BCUT2D eigenvalue weighted by Crippen LogP contribution is 2.28. The second kappa shape index (κ2) is 6.07. The molecule has 0 bridgehead atoms. The molecule has 1 aliphatic carbocycles. The lowest BCUT2D eigenvalue weighted by Gasteiger charge is -2.22. The summed E-state index contributed by atoms with van der Waals surface area (Å²) in [5.74, 6) is 0. The minimum atomic E-state index is -3.41. The monoisotopic (exact) mass is 313 g/mol. The SMILES string of the molecule is CN(Cc1ccccc1)S(=O)(=O)C1=Cc2ccccc2CC1. The molecule has 0 amide bonds. The zero-order valence-corrected chi connectivity index (χ0v) is 13.4. The highest BCUT2D eigenvalue weighted by Gasteiger charge is 2.25. The van der Waals surface area contributed by atoms with E-state index in [0.717, 1.165) is 17.5 Å². The third-order valence-corrected chi connectivity index (χ3v) is 5.94. The van der Waals surface area contributed by atoms with E-state index in [2.05, 4.69) is 6.07 Å². The Morgan fingerprint density at radius 3 is 2.41 bits per heavy atom. The first-order valence-corrected chi connectivity index (χ1v) is 8.80. The standard InChI is InChI=1S/C18H19NO2S/c1-19(14-15-7-3-2-4-8-15)22(20,21)18-12-11-16-9-5-6-10-17(16)13-18/h2-10,13H,11-12,14H2,1H3. The maximum atomic E-state index is 12.8. The van der Waals surface area contributed by atoms with Gasteiger partial charge in [0.25, 0.3) is 0 Å². The summed E-state index contributed by atoms with van der Waals surface area (Å²) < 4.78 is 26.9. The van der Waals surface area contributed by atoms with Crippen molar-refractivity contribution in [1.82, 2.24) is 4.31 Å². The quantitative estimate of drug-likeness (QED) is 0.867. The molecule has 0 heterocycles. The van der Waals surface area contributed by atoms with Crippen LogP contribution in [-0.4, -0.2) is 19.8 Å². The number of sulfonamides is 1. The summed E-state index contributed by atoms with van der Waals surface area (Å²) in [5.41, 5.74) is 3.22. The lowest BCUT2D eigenvalue weighted by atomic mass is 9.98. The molecule has 0 saturated carbocycles. The molecule has 0 unspecified atom stereocenters. The van der Waals surface area contributed by atoms with Crippen molar-refractivity contribution >= 4 is 16.1 Å². The summed E-state index contributed by atoms with van der Waals surface area (Å²) in [4.78, 5) is 0.504. The van der Waals surface area contributed by atoms with E-state index in [-0.39, 0.29) is 0 Å². The van der Waals surface area contributed by atoms with Crippen molar-refractivity contribution in [3.05, 3.63) is 76.2 Å². The molecule has 2 aromatic rings. The molecule has 0 atom stereocenters. The van der Waals surface area contributed by atoms with Crippen LogP contribution in [0.25, 0.3) is 6.08 Å². The Hall–Kier alpha value is -1.91. The van der Waals surface area contributed by atoms with Gasteiger partial charge in [0.15, 0.2) is 0 Å². The van der Waals surface area contributed by atoms with Crippen LogP contribution in [0.3, 0.4) is 0 Å². The number of aryl methyl sites for hydroxylation is 1. The second-order valence-electron chi connectivity index (χ2n) is 5.56. The molecule has 1 aliphatic rings. The van der Waals surface area contributed by atoms with Crippen LogP contribution in [0, 0.1) is 0 Å². The summed E-state index contributed by atoms with van der Waals surface area (Å²) in [7, 11) is -1.77. The van der Waals surface area contributed by atoms with Crippen molar-refractivity contribution in [2.45, 2.75) is 19.4 Å². The van der Waals surface area contributed by atoms with Gasteiger partial charge < -0.3 is 0 Å². The van der Waals surface area contributed by atoms with E-state index >= 15 is 0 Å². The number of allylic oxidation sites excluding steroid dienone is 1. The van der Waals surface area contributed by atoms with Gasteiger partial charge in [-0.05, 0) is 35.6 Å². The molecule has 3 rings (SSSR count). The molecule has 0 N–H and O–H groups in total. The number of fused-ring (bicyclic) bond motifs is 1. The van der Waals surface area contributed by atoms with E-state index in [1.807, 2.05) is 54.6 Å². The molecule has 0 fully saturated rings. The Labute approximate surface area is 132 Å². The van der Waals surface area contributed by atoms with Crippen molar-refractivity contribution < 1.29 is 8.42 Å². The molecule has 0 aromatic heterocycles. The van der Waals surface area contributed by atoms with Gasteiger partial charge in [0.05, 0.1) is 4.91 Å². The summed E-state index contributed by atoms with van der Waals surface area (Å²) in [5, 5.41) is 0. The number of hydrogen-bond donors (Lipinski definition) is 0. The zero-order chi connectivity index (χ0) is 15.6.